The van der Waals surface area contributed by atoms with Gasteiger partial charge in [-0.25, -0.2) is 8.78 Å². The van der Waals surface area contributed by atoms with Gasteiger partial charge in [-0.15, -0.1) is 0 Å². The van der Waals surface area contributed by atoms with Crippen LogP contribution < -0.4 is 4.90 Å². The summed E-state index contributed by atoms with van der Waals surface area (Å²) in [5.74, 6) is -0.918. The second kappa shape index (κ2) is 5.58. The molecular weight excluding hydrogens is 212 g/mol. The number of carbonyl (C=O) groups is 1. The molecule has 0 unspecified atom stereocenters. The third kappa shape index (κ3) is 3.61. The molecule has 0 aliphatic carbocycles. The number of benzene rings is 1. The van der Waals surface area contributed by atoms with Crippen LogP contribution in [0.4, 0.5) is 14.5 Å². The average molecular weight is 227 g/mol. The molecule has 0 spiro atoms. The van der Waals surface area contributed by atoms with Crippen molar-refractivity contribution in [2.75, 3.05) is 11.4 Å². The van der Waals surface area contributed by atoms with E-state index < -0.39 is 11.6 Å². The summed E-state index contributed by atoms with van der Waals surface area (Å²) in [5.41, 5.74) is 0.258. The maximum Gasteiger partial charge on any atom is 0.214 e. The van der Waals surface area contributed by atoms with E-state index in [-0.39, 0.29) is 5.69 Å². The van der Waals surface area contributed by atoms with Gasteiger partial charge >= 0.3 is 0 Å². The molecule has 4 heteroatoms. The first-order valence-electron chi connectivity index (χ1n) is 5.21. The van der Waals surface area contributed by atoms with Crippen LogP contribution in [-0.2, 0) is 4.79 Å². The average Bonchev–Trinajstić information content (AvgIpc) is 2.16. The maximum absolute atomic E-state index is 12.9. The van der Waals surface area contributed by atoms with Gasteiger partial charge in [0.25, 0.3) is 0 Å². The Morgan fingerprint density at radius 2 is 1.81 bits per heavy atom. The Balaban J connectivity index is 2.82. The third-order valence-electron chi connectivity index (χ3n) is 2.25. The molecule has 1 aromatic carbocycles. The topological polar surface area (TPSA) is 20.3 Å². The van der Waals surface area contributed by atoms with Crippen LogP contribution in [0.2, 0.25) is 0 Å². The van der Waals surface area contributed by atoms with Gasteiger partial charge in [0.1, 0.15) is 11.6 Å². The van der Waals surface area contributed by atoms with Crippen LogP contribution >= 0.6 is 0 Å². The van der Waals surface area contributed by atoms with Gasteiger partial charge in [-0.1, -0.05) is 13.8 Å². The zero-order valence-electron chi connectivity index (χ0n) is 9.41. The minimum Gasteiger partial charge on any atom is -0.315 e. The van der Waals surface area contributed by atoms with Crippen molar-refractivity contribution in [2.24, 2.45) is 5.92 Å². The van der Waals surface area contributed by atoms with Crippen LogP contribution in [0.3, 0.4) is 0 Å². The van der Waals surface area contributed by atoms with Crippen LogP contribution in [0.5, 0.6) is 0 Å². The number of halogens is 2. The molecule has 1 rings (SSSR count). The van der Waals surface area contributed by atoms with Crippen LogP contribution in [0.25, 0.3) is 0 Å². The Hall–Kier alpha value is -1.45. The van der Waals surface area contributed by atoms with Gasteiger partial charge in [0.15, 0.2) is 0 Å². The van der Waals surface area contributed by atoms with Crippen LogP contribution in [0.1, 0.15) is 20.3 Å². The lowest BCUT2D eigenvalue weighted by atomic mass is 10.1. The summed E-state index contributed by atoms with van der Waals surface area (Å²) < 4.78 is 25.9. The number of rotatable bonds is 5. The van der Waals surface area contributed by atoms with Crippen LogP contribution in [0.15, 0.2) is 18.2 Å². The molecule has 0 aromatic heterocycles. The first kappa shape index (κ1) is 12.6. The Morgan fingerprint density at radius 1 is 1.25 bits per heavy atom. The zero-order chi connectivity index (χ0) is 12.1. The fourth-order valence-corrected chi connectivity index (χ4v) is 1.35. The largest absolute Gasteiger partial charge is 0.315 e. The molecule has 0 atom stereocenters. The molecule has 0 saturated heterocycles. The minimum absolute atomic E-state index is 0.258. The van der Waals surface area contributed by atoms with Crippen molar-refractivity contribution in [3.05, 3.63) is 29.8 Å². The minimum atomic E-state index is -0.675. The highest BCUT2D eigenvalue weighted by atomic mass is 19.1. The van der Waals surface area contributed by atoms with Crippen molar-refractivity contribution < 1.29 is 13.6 Å². The Kier molecular flexibility index (Phi) is 4.40. The molecule has 0 saturated carbocycles. The van der Waals surface area contributed by atoms with Gasteiger partial charge in [-0.2, -0.15) is 0 Å². The predicted octanol–water partition coefficient (Wildman–Crippen LogP) is 2.97. The molecular formula is C12H15F2NO. The molecule has 88 valence electrons. The van der Waals surface area contributed by atoms with Gasteiger partial charge in [-0.05, 0) is 24.5 Å². The number of anilines is 1. The number of hydrogen-bond acceptors (Lipinski definition) is 1. The quantitative estimate of drug-likeness (QED) is 0.708. The van der Waals surface area contributed by atoms with E-state index in [0.717, 1.165) is 24.6 Å². The van der Waals surface area contributed by atoms with E-state index in [1.54, 1.807) is 0 Å². The first-order valence-corrected chi connectivity index (χ1v) is 5.21. The number of carbonyl (C=O) groups excluding carboxylic acids is 1. The number of nitrogens with zero attached hydrogens (tertiary/aromatic N) is 1. The van der Waals surface area contributed by atoms with E-state index in [9.17, 15) is 13.6 Å². The molecule has 0 aliphatic rings. The second-order valence-corrected chi connectivity index (χ2v) is 4.11. The molecule has 0 fully saturated rings. The lowest BCUT2D eigenvalue weighted by Crippen LogP contribution is -2.23. The smallest absolute Gasteiger partial charge is 0.214 e. The van der Waals surface area contributed by atoms with Gasteiger partial charge in [0.2, 0.25) is 6.41 Å². The van der Waals surface area contributed by atoms with Crippen LogP contribution in [0, 0.1) is 17.6 Å². The third-order valence-corrected chi connectivity index (χ3v) is 2.25. The molecule has 1 aromatic rings. The van der Waals surface area contributed by atoms with Gasteiger partial charge in [0, 0.05) is 18.3 Å². The summed E-state index contributed by atoms with van der Waals surface area (Å²) in [6.07, 6.45) is 1.38. The van der Waals surface area contributed by atoms with E-state index in [4.69, 9.17) is 0 Å². The standard InChI is InChI=1S/C12H15F2NO/c1-9(2)3-4-15(8-16)12-6-10(13)5-11(14)7-12/h5-9H,3-4H2,1-2H3. The van der Waals surface area contributed by atoms with E-state index in [1.165, 1.54) is 4.90 Å². The van der Waals surface area contributed by atoms with Gasteiger partial charge < -0.3 is 4.90 Å². The molecule has 0 heterocycles. The fourth-order valence-electron chi connectivity index (χ4n) is 1.35. The van der Waals surface area contributed by atoms with E-state index in [1.807, 2.05) is 13.8 Å². The van der Waals surface area contributed by atoms with Crippen LogP contribution in [-0.4, -0.2) is 13.0 Å². The molecule has 16 heavy (non-hydrogen) atoms. The van der Waals surface area contributed by atoms with E-state index in [0.29, 0.717) is 18.9 Å². The highest BCUT2D eigenvalue weighted by Crippen LogP contribution is 2.17. The van der Waals surface area contributed by atoms with E-state index in [2.05, 4.69) is 0 Å². The molecule has 2 nitrogen and oxygen atoms in total. The van der Waals surface area contributed by atoms with Crippen molar-refractivity contribution in [3.63, 3.8) is 0 Å². The van der Waals surface area contributed by atoms with E-state index >= 15 is 0 Å². The summed E-state index contributed by atoms with van der Waals surface area (Å²) in [6, 6.07) is 3.09. The first-order chi connectivity index (χ1) is 7.52. The SMILES string of the molecule is CC(C)CCN(C=O)c1cc(F)cc(F)c1. The Labute approximate surface area is 93.9 Å². The maximum atomic E-state index is 12.9. The van der Waals surface area contributed by atoms with Crippen molar-refractivity contribution in [3.8, 4) is 0 Å². The van der Waals surface area contributed by atoms with Crippen molar-refractivity contribution >= 4 is 12.1 Å². The summed E-state index contributed by atoms with van der Waals surface area (Å²) in [7, 11) is 0. The van der Waals surface area contributed by atoms with Crippen molar-refractivity contribution in [1.29, 1.82) is 0 Å². The molecule has 0 N–H and O–H groups in total. The second-order valence-electron chi connectivity index (χ2n) is 4.11. The fraction of sp³-hybridized carbons (Fsp3) is 0.417. The highest BCUT2D eigenvalue weighted by Gasteiger charge is 2.09. The summed E-state index contributed by atoms with van der Waals surface area (Å²) in [5, 5.41) is 0. The lowest BCUT2D eigenvalue weighted by Gasteiger charge is -2.18. The Morgan fingerprint density at radius 3 is 2.25 bits per heavy atom. The molecule has 0 aliphatic heterocycles. The summed E-state index contributed by atoms with van der Waals surface area (Å²) >= 11 is 0. The number of hydrogen-bond donors (Lipinski definition) is 0. The predicted molar refractivity (Wildman–Crippen MR) is 59.2 cm³/mol. The lowest BCUT2D eigenvalue weighted by molar-refractivity contribution is -0.107. The number of amides is 1. The Bertz CT molecular complexity index is 346. The highest BCUT2D eigenvalue weighted by molar-refractivity contribution is 5.74. The molecule has 0 radical (unpaired) electrons. The van der Waals surface area contributed by atoms with Gasteiger partial charge in [0.05, 0.1) is 0 Å². The zero-order valence-corrected chi connectivity index (χ0v) is 9.41. The molecule has 0 bridgehead atoms. The molecule has 1 amide bonds. The van der Waals surface area contributed by atoms with Crippen molar-refractivity contribution in [2.45, 2.75) is 20.3 Å². The normalized spacial score (nSPS) is 10.6. The van der Waals surface area contributed by atoms with Gasteiger partial charge in [-0.3, -0.25) is 4.79 Å². The monoisotopic (exact) mass is 227 g/mol. The van der Waals surface area contributed by atoms with Crippen molar-refractivity contribution in [1.82, 2.24) is 0 Å². The summed E-state index contributed by atoms with van der Waals surface area (Å²) in [6.45, 7) is 4.51. The summed E-state index contributed by atoms with van der Waals surface area (Å²) in [4.78, 5) is 12.1.